The Hall–Kier alpha value is -3.84. The molecule has 1 N–H and O–H groups in total. The predicted octanol–water partition coefficient (Wildman–Crippen LogP) is 5.56. The van der Waals surface area contributed by atoms with Crippen molar-refractivity contribution in [1.82, 2.24) is 9.78 Å². The molecule has 33 heavy (non-hydrogen) atoms. The number of halogens is 2. The van der Waals surface area contributed by atoms with Gasteiger partial charge in [0.2, 0.25) is 0 Å². The summed E-state index contributed by atoms with van der Waals surface area (Å²) in [5, 5.41) is 7.34. The molecule has 0 saturated carbocycles. The van der Waals surface area contributed by atoms with E-state index in [2.05, 4.69) is 10.4 Å². The third-order valence-corrected chi connectivity index (χ3v) is 5.30. The lowest BCUT2D eigenvalue weighted by Crippen LogP contribution is -2.13. The second kappa shape index (κ2) is 10.2. The SMILES string of the molecule is COc1ccc(OCc2ccc(C(=O)Nc3ccn(Cc4c(F)cccc4Cl)n3)cc2)cc1. The Morgan fingerprint density at radius 3 is 2.45 bits per heavy atom. The molecule has 8 heteroatoms. The molecule has 1 aromatic heterocycles. The predicted molar refractivity (Wildman–Crippen MR) is 124 cm³/mol. The van der Waals surface area contributed by atoms with Crippen LogP contribution in [0.5, 0.6) is 11.5 Å². The highest BCUT2D eigenvalue weighted by molar-refractivity contribution is 6.31. The first kappa shape index (κ1) is 22.4. The Kier molecular flexibility index (Phi) is 6.90. The number of hydrogen-bond acceptors (Lipinski definition) is 4. The average molecular weight is 466 g/mol. The van der Waals surface area contributed by atoms with E-state index in [4.69, 9.17) is 21.1 Å². The van der Waals surface area contributed by atoms with Crippen LogP contribution in [-0.2, 0) is 13.2 Å². The van der Waals surface area contributed by atoms with Gasteiger partial charge in [0.05, 0.1) is 13.7 Å². The smallest absolute Gasteiger partial charge is 0.256 e. The highest BCUT2D eigenvalue weighted by Crippen LogP contribution is 2.21. The first-order valence-electron chi connectivity index (χ1n) is 10.2. The first-order valence-corrected chi connectivity index (χ1v) is 10.5. The summed E-state index contributed by atoms with van der Waals surface area (Å²) in [6.45, 7) is 0.529. The molecule has 0 aliphatic carbocycles. The number of carbonyl (C=O) groups is 1. The zero-order valence-electron chi connectivity index (χ0n) is 17.8. The monoisotopic (exact) mass is 465 g/mol. The van der Waals surface area contributed by atoms with E-state index in [-0.39, 0.29) is 12.5 Å². The van der Waals surface area contributed by atoms with E-state index < -0.39 is 5.82 Å². The van der Waals surface area contributed by atoms with Gasteiger partial charge in [-0.3, -0.25) is 9.48 Å². The second-order valence-electron chi connectivity index (χ2n) is 7.21. The number of carbonyl (C=O) groups excluding carboxylic acids is 1. The van der Waals surface area contributed by atoms with Crippen molar-refractivity contribution >= 4 is 23.3 Å². The van der Waals surface area contributed by atoms with Gasteiger partial charge in [0.25, 0.3) is 5.91 Å². The number of benzene rings is 3. The largest absolute Gasteiger partial charge is 0.497 e. The van der Waals surface area contributed by atoms with Gasteiger partial charge in [-0.25, -0.2) is 4.39 Å². The maximum Gasteiger partial charge on any atom is 0.256 e. The van der Waals surface area contributed by atoms with Crippen molar-refractivity contribution in [3.63, 3.8) is 0 Å². The van der Waals surface area contributed by atoms with E-state index in [0.717, 1.165) is 17.1 Å². The van der Waals surface area contributed by atoms with Crippen molar-refractivity contribution in [3.8, 4) is 11.5 Å². The van der Waals surface area contributed by atoms with E-state index in [1.54, 1.807) is 43.6 Å². The third kappa shape index (κ3) is 5.70. The first-order chi connectivity index (χ1) is 16.0. The minimum Gasteiger partial charge on any atom is -0.497 e. The summed E-state index contributed by atoms with van der Waals surface area (Å²) in [5.74, 6) is 1.15. The van der Waals surface area contributed by atoms with Crippen molar-refractivity contribution in [2.75, 3.05) is 12.4 Å². The lowest BCUT2D eigenvalue weighted by Gasteiger charge is -2.08. The Morgan fingerprint density at radius 2 is 1.76 bits per heavy atom. The quantitative estimate of drug-likeness (QED) is 0.370. The number of hydrogen-bond donors (Lipinski definition) is 1. The van der Waals surface area contributed by atoms with Crippen LogP contribution in [0.3, 0.4) is 0 Å². The van der Waals surface area contributed by atoms with Crippen molar-refractivity contribution in [3.05, 3.63) is 107 Å². The van der Waals surface area contributed by atoms with Crippen LogP contribution in [0.15, 0.2) is 79.0 Å². The summed E-state index contributed by atoms with van der Waals surface area (Å²) in [6, 6.07) is 20.6. The van der Waals surface area contributed by atoms with Gasteiger partial charge >= 0.3 is 0 Å². The fourth-order valence-electron chi connectivity index (χ4n) is 3.14. The van der Waals surface area contributed by atoms with Crippen LogP contribution >= 0.6 is 11.6 Å². The topological polar surface area (TPSA) is 65.4 Å². The molecule has 0 aliphatic heterocycles. The number of aromatic nitrogens is 2. The molecule has 1 amide bonds. The minimum atomic E-state index is -0.403. The van der Waals surface area contributed by atoms with Crippen LogP contribution in [0.4, 0.5) is 10.2 Å². The van der Waals surface area contributed by atoms with E-state index in [1.807, 2.05) is 36.4 Å². The van der Waals surface area contributed by atoms with E-state index in [0.29, 0.717) is 28.6 Å². The van der Waals surface area contributed by atoms with Gasteiger partial charge < -0.3 is 14.8 Å². The van der Waals surface area contributed by atoms with Gasteiger partial charge in [0, 0.05) is 28.4 Å². The molecular weight excluding hydrogens is 445 g/mol. The molecule has 3 aromatic carbocycles. The van der Waals surface area contributed by atoms with Gasteiger partial charge in [0.15, 0.2) is 5.82 Å². The average Bonchev–Trinajstić information content (AvgIpc) is 3.27. The summed E-state index contributed by atoms with van der Waals surface area (Å²) >= 11 is 6.07. The summed E-state index contributed by atoms with van der Waals surface area (Å²) in [7, 11) is 1.61. The molecule has 4 rings (SSSR count). The van der Waals surface area contributed by atoms with E-state index in [1.165, 1.54) is 10.7 Å². The molecule has 0 unspecified atom stereocenters. The molecule has 0 aliphatic rings. The van der Waals surface area contributed by atoms with Gasteiger partial charge in [-0.1, -0.05) is 29.8 Å². The molecule has 0 saturated heterocycles. The van der Waals surface area contributed by atoms with Crippen LogP contribution in [0.2, 0.25) is 5.02 Å². The van der Waals surface area contributed by atoms with Gasteiger partial charge in [0.1, 0.15) is 23.9 Å². The fraction of sp³-hybridized carbons (Fsp3) is 0.120. The molecule has 0 spiro atoms. The standard InChI is InChI=1S/C25H21ClFN3O3/c1-32-19-9-11-20(12-10-19)33-16-17-5-7-18(8-6-17)25(31)28-24-13-14-30(29-24)15-21-22(26)3-2-4-23(21)27/h2-14H,15-16H2,1H3,(H,28,29,31). The Morgan fingerprint density at radius 1 is 1.03 bits per heavy atom. The maximum absolute atomic E-state index is 14.0. The Bertz CT molecular complexity index is 1220. The van der Waals surface area contributed by atoms with Crippen LogP contribution in [0.1, 0.15) is 21.5 Å². The molecule has 6 nitrogen and oxygen atoms in total. The number of nitrogens with one attached hydrogen (secondary N) is 1. The van der Waals surface area contributed by atoms with Crippen LogP contribution in [0, 0.1) is 5.82 Å². The van der Waals surface area contributed by atoms with Gasteiger partial charge in [-0.2, -0.15) is 5.10 Å². The lowest BCUT2D eigenvalue weighted by atomic mass is 10.1. The molecule has 0 fully saturated rings. The summed E-state index contributed by atoms with van der Waals surface area (Å²) < 4.78 is 26.4. The zero-order valence-corrected chi connectivity index (χ0v) is 18.6. The number of amides is 1. The van der Waals surface area contributed by atoms with Crippen molar-refractivity contribution < 1.29 is 18.7 Å². The number of ether oxygens (including phenoxy) is 2. The molecule has 0 atom stereocenters. The van der Waals surface area contributed by atoms with Crippen molar-refractivity contribution in [1.29, 1.82) is 0 Å². The Labute approximate surface area is 195 Å². The summed E-state index contributed by atoms with van der Waals surface area (Å²) in [6.07, 6.45) is 1.65. The van der Waals surface area contributed by atoms with Crippen LogP contribution < -0.4 is 14.8 Å². The van der Waals surface area contributed by atoms with Gasteiger partial charge in [-0.15, -0.1) is 0 Å². The van der Waals surface area contributed by atoms with Crippen LogP contribution in [-0.4, -0.2) is 22.8 Å². The van der Waals surface area contributed by atoms with Crippen molar-refractivity contribution in [2.45, 2.75) is 13.2 Å². The number of rotatable bonds is 8. The molecular formula is C25H21ClFN3O3. The third-order valence-electron chi connectivity index (χ3n) is 4.95. The zero-order chi connectivity index (χ0) is 23.2. The van der Waals surface area contributed by atoms with Gasteiger partial charge in [-0.05, 0) is 54.1 Å². The summed E-state index contributed by atoms with van der Waals surface area (Å²) in [5.41, 5.74) is 1.75. The fourth-order valence-corrected chi connectivity index (χ4v) is 3.36. The second-order valence-corrected chi connectivity index (χ2v) is 7.62. The lowest BCUT2D eigenvalue weighted by molar-refractivity contribution is 0.102. The minimum absolute atomic E-state index is 0.157. The highest BCUT2D eigenvalue weighted by Gasteiger charge is 2.11. The normalized spacial score (nSPS) is 10.6. The maximum atomic E-state index is 14.0. The molecule has 168 valence electrons. The van der Waals surface area contributed by atoms with E-state index in [9.17, 15) is 9.18 Å². The number of anilines is 1. The Balaban J connectivity index is 1.33. The number of methoxy groups -OCH3 is 1. The van der Waals surface area contributed by atoms with E-state index >= 15 is 0 Å². The highest BCUT2D eigenvalue weighted by atomic mass is 35.5. The van der Waals surface area contributed by atoms with Crippen molar-refractivity contribution in [2.24, 2.45) is 0 Å². The molecule has 1 heterocycles. The van der Waals surface area contributed by atoms with Crippen LogP contribution in [0.25, 0.3) is 0 Å². The molecule has 0 radical (unpaired) electrons. The number of nitrogens with zero attached hydrogens (tertiary/aromatic N) is 2. The molecule has 0 bridgehead atoms. The summed E-state index contributed by atoms with van der Waals surface area (Å²) in [4.78, 5) is 12.6. The molecule has 4 aromatic rings.